The van der Waals surface area contributed by atoms with Crippen LogP contribution in [0.15, 0.2) is 6.07 Å². The van der Waals surface area contributed by atoms with E-state index < -0.39 is 12.8 Å². The molecule has 0 saturated carbocycles. The first-order valence-electron chi connectivity index (χ1n) is 5.46. The summed E-state index contributed by atoms with van der Waals surface area (Å²) in [5, 5.41) is 0.291. The summed E-state index contributed by atoms with van der Waals surface area (Å²) in [6, 6.07) is 1.65. The van der Waals surface area contributed by atoms with Gasteiger partial charge in [-0.05, 0) is 12.0 Å². The van der Waals surface area contributed by atoms with Crippen LogP contribution in [0.2, 0.25) is 5.15 Å². The smallest absolute Gasteiger partial charge is 0.372 e. The van der Waals surface area contributed by atoms with Gasteiger partial charge < -0.3 is 4.74 Å². The first-order valence-corrected chi connectivity index (χ1v) is 5.83. The van der Waals surface area contributed by atoms with Crippen molar-refractivity contribution < 1.29 is 17.9 Å². The SMILES string of the molecule is CC(C)c1cc(Cl)nc(CCOCC(F)(F)F)n1. The molecule has 18 heavy (non-hydrogen) atoms. The Kier molecular flexibility index (Phi) is 5.34. The molecule has 1 heterocycles. The van der Waals surface area contributed by atoms with E-state index in [2.05, 4.69) is 14.7 Å². The number of aromatic nitrogens is 2. The highest BCUT2D eigenvalue weighted by molar-refractivity contribution is 6.29. The lowest BCUT2D eigenvalue weighted by Gasteiger charge is -2.09. The van der Waals surface area contributed by atoms with Crippen LogP contribution in [0.5, 0.6) is 0 Å². The van der Waals surface area contributed by atoms with Crippen molar-refractivity contribution in [3.8, 4) is 0 Å². The third kappa shape index (κ3) is 5.64. The van der Waals surface area contributed by atoms with Crippen molar-refractivity contribution in [1.82, 2.24) is 9.97 Å². The van der Waals surface area contributed by atoms with Gasteiger partial charge in [0.1, 0.15) is 17.6 Å². The number of alkyl halides is 3. The summed E-state index contributed by atoms with van der Waals surface area (Å²) in [6.45, 7) is 2.55. The largest absolute Gasteiger partial charge is 0.411 e. The van der Waals surface area contributed by atoms with Gasteiger partial charge in [0.05, 0.1) is 6.61 Å². The maximum Gasteiger partial charge on any atom is 0.411 e. The maximum absolute atomic E-state index is 11.8. The van der Waals surface area contributed by atoms with Crippen LogP contribution < -0.4 is 0 Å². The minimum Gasteiger partial charge on any atom is -0.372 e. The van der Waals surface area contributed by atoms with E-state index in [0.717, 1.165) is 5.69 Å². The highest BCUT2D eigenvalue weighted by atomic mass is 35.5. The Morgan fingerprint density at radius 1 is 1.33 bits per heavy atom. The molecule has 1 aromatic rings. The van der Waals surface area contributed by atoms with Gasteiger partial charge in [-0.3, -0.25) is 0 Å². The van der Waals surface area contributed by atoms with Gasteiger partial charge in [-0.2, -0.15) is 13.2 Å². The Labute approximate surface area is 108 Å². The molecule has 0 bridgehead atoms. The molecule has 0 saturated heterocycles. The van der Waals surface area contributed by atoms with Crippen LogP contribution in [0.3, 0.4) is 0 Å². The molecule has 0 amide bonds. The Bertz CT molecular complexity index is 396. The van der Waals surface area contributed by atoms with E-state index in [-0.39, 0.29) is 18.9 Å². The molecule has 1 aromatic heterocycles. The fourth-order valence-electron chi connectivity index (χ4n) is 1.24. The van der Waals surface area contributed by atoms with Crippen molar-refractivity contribution in [2.24, 2.45) is 0 Å². The van der Waals surface area contributed by atoms with Gasteiger partial charge in [0.2, 0.25) is 0 Å². The van der Waals surface area contributed by atoms with Crippen LogP contribution in [-0.2, 0) is 11.2 Å². The van der Waals surface area contributed by atoms with Crippen LogP contribution in [0.25, 0.3) is 0 Å². The molecule has 3 nitrogen and oxygen atoms in total. The second-order valence-corrected chi connectivity index (χ2v) is 4.49. The summed E-state index contributed by atoms with van der Waals surface area (Å²) in [6.07, 6.45) is -4.10. The van der Waals surface area contributed by atoms with Crippen LogP contribution in [-0.4, -0.2) is 29.4 Å². The second kappa shape index (κ2) is 6.33. The number of rotatable bonds is 5. The van der Waals surface area contributed by atoms with E-state index in [1.165, 1.54) is 0 Å². The lowest BCUT2D eigenvalue weighted by atomic mass is 10.1. The zero-order valence-corrected chi connectivity index (χ0v) is 10.8. The normalized spacial score (nSPS) is 12.2. The predicted octanol–water partition coefficient (Wildman–Crippen LogP) is 3.37. The van der Waals surface area contributed by atoms with Crippen molar-refractivity contribution in [2.45, 2.75) is 32.4 Å². The Morgan fingerprint density at radius 3 is 2.56 bits per heavy atom. The molecule has 0 atom stereocenters. The molecule has 102 valence electrons. The zero-order chi connectivity index (χ0) is 13.8. The molecule has 0 aliphatic carbocycles. The molecule has 0 fully saturated rings. The van der Waals surface area contributed by atoms with Gasteiger partial charge in [0, 0.05) is 12.1 Å². The van der Waals surface area contributed by atoms with Gasteiger partial charge in [0.25, 0.3) is 0 Å². The molecule has 0 aromatic carbocycles. The second-order valence-electron chi connectivity index (χ2n) is 4.10. The van der Waals surface area contributed by atoms with Gasteiger partial charge in [0.15, 0.2) is 0 Å². The zero-order valence-electron chi connectivity index (χ0n) is 10.1. The van der Waals surface area contributed by atoms with Crippen molar-refractivity contribution in [3.63, 3.8) is 0 Å². The minimum absolute atomic E-state index is 0.0859. The summed E-state index contributed by atoms with van der Waals surface area (Å²) >= 11 is 5.81. The molecule has 0 aliphatic heterocycles. The number of hydrogen-bond acceptors (Lipinski definition) is 3. The molecule has 0 spiro atoms. The van der Waals surface area contributed by atoms with E-state index in [1.54, 1.807) is 6.07 Å². The van der Waals surface area contributed by atoms with Crippen molar-refractivity contribution >= 4 is 11.6 Å². The number of hydrogen-bond donors (Lipinski definition) is 0. The molecule has 7 heteroatoms. The summed E-state index contributed by atoms with van der Waals surface area (Å²) in [4.78, 5) is 8.15. The lowest BCUT2D eigenvalue weighted by molar-refractivity contribution is -0.173. The summed E-state index contributed by atoms with van der Waals surface area (Å²) in [5.41, 5.74) is 0.765. The van der Waals surface area contributed by atoms with Gasteiger partial charge in [-0.1, -0.05) is 25.4 Å². The first kappa shape index (κ1) is 15.2. The third-order valence-corrected chi connectivity index (χ3v) is 2.28. The number of nitrogens with zero attached hydrogens (tertiary/aromatic N) is 2. The minimum atomic E-state index is -4.31. The quantitative estimate of drug-likeness (QED) is 0.613. The standard InChI is InChI=1S/C11H14ClF3N2O/c1-7(2)8-5-9(12)17-10(16-8)3-4-18-6-11(13,14)15/h5,7H,3-4,6H2,1-2H3. The van der Waals surface area contributed by atoms with Gasteiger partial charge in [-0.25, -0.2) is 9.97 Å². The maximum atomic E-state index is 11.8. The van der Waals surface area contributed by atoms with Crippen molar-refractivity contribution in [1.29, 1.82) is 0 Å². The van der Waals surface area contributed by atoms with E-state index in [9.17, 15) is 13.2 Å². The van der Waals surface area contributed by atoms with Crippen LogP contribution in [0.1, 0.15) is 31.3 Å². The van der Waals surface area contributed by atoms with E-state index in [4.69, 9.17) is 11.6 Å². The van der Waals surface area contributed by atoms with Gasteiger partial charge >= 0.3 is 6.18 Å². The van der Waals surface area contributed by atoms with Crippen LogP contribution in [0, 0.1) is 0 Å². The molecule has 0 N–H and O–H groups in total. The van der Waals surface area contributed by atoms with Crippen LogP contribution in [0.4, 0.5) is 13.2 Å². The lowest BCUT2D eigenvalue weighted by Crippen LogP contribution is -2.18. The molecular weight excluding hydrogens is 269 g/mol. The average Bonchev–Trinajstić information content (AvgIpc) is 2.22. The number of ether oxygens (including phenoxy) is 1. The summed E-state index contributed by atoms with van der Waals surface area (Å²) in [5.74, 6) is 0.578. The van der Waals surface area contributed by atoms with Crippen LogP contribution >= 0.6 is 11.6 Å². The van der Waals surface area contributed by atoms with Crippen molar-refractivity contribution in [2.75, 3.05) is 13.2 Å². The predicted molar refractivity (Wildman–Crippen MR) is 61.7 cm³/mol. The Morgan fingerprint density at radius 2 is 2.00 bits per heavy atom. The highest BCUT2D eigenvalue weighted by Gasteiger charge is 2.27. The third-order valence-electron chi connectivity index (χ3n) is 2.09. The highest BCUT2D eigenvalue weighted by Crippen LogP contribution is 2.17. The topological polar surface area (TPSA) is 35.0 Å². The van der Waals surface area contributed by atoms with Crippen molar-refractivity contribution in [3.05, 3.63) is 22.7 Å². The molecule has 0 radical (unpaired) electrons. The van der Waals surface area contributed by atoms with Gasteiger partial charge in [-0.15, -0.1) is 0 Å². The summed E-state index contributed by atoms with van der Waals surface area (Å²) < 4.78 is 40.0. The fraction of sp³-hybridized carbons (Fsp3) is 0.636. The summed E-state index contributed by atoms with van der Waals surface area (Å²) in [7, 11) is 0. The molecule has 0 aliphatic rings. The monoisotopic (exact) mass is 282 g/mol. The molecular formula is C11H14ClF3N2O. The Hall–Kier alpha value is -0.880. The number of halogens is 4. The Balaban J connectivity index is 2.52. The average molecular weight is 283 g/mol. The van der Waals surface area contributed by atoms with E-state index in [1.807, 2.05) is 13.8 Å². The molecule has 1 rings (SSSR count). The van der Waals surface area contributed by atoms with E-state index >= 15 is 0 Å². The fourth-order valence-corrected chi connectivity index (χ4v) is 1.45. The molecule has 0 unspecified atom stereocenters. The van der Waals surface area contributed by atoms with E-state index in [0.29, 0.717) is 11.0 Å². The first-order chi connectivity index (χ1) is 8.28.